The van der Waals surface area contributed by atoms with Gasteiger partial charge in [0, 0.05) is 21.5 Å². The Labute approximate surface area is 235 Å². The lowest BCUT2D eigenvalue weighted by molar-refractivity contribution is 0.591. The molecule has 7 rings (SSSR count). The molecule has 0 fully saturated rings. The summed E-state index contributed by atoms with van der Waals surface area (Å²) in [6.07, 6.45) is 9.13. The maximum Gasteiger partial charge on any atom is 0.136 e. The monoisotopic (exact) mass is 526 g/mol. The van der Waals surface area contributed by atoms with Crippen LogP contribution < -0.4 is 0 Å². The number of hydrogen-bond donors (Lipinski definition) is 0. The molecule has 0 aliphatic rings. The first kappa shape index (κ1) is 25.2. The molecule has 0 saturated carbocycles. The van der Waals surface area contributed by atoms with Gasteiger partial charge in [0.2, 0.25) is 0 Å². The summed E-state index contributed by atoms with van der Waals surface area (Å²) in [4.78, 5) is 0. The molecule has 2 heterocycles. The van der Waals surface area contributed by atoms with Crippen LogP contribution in [0.2, 0.25) is 0 Å². The van der Waals surface area contributed by atoms with Crippen LogP contribution in [0.15, 0.2) is 81.6 Å². The number of hydrogen-bond acceptors (Lipinski definition) is 2. The fourth-order valence-electron chi connectivity index (χ4n) is 6.31. The van der Waals surface area contributed by atoms with E-state index < -0.39 is 0 Å². The highest BCUT2D eigenvalue weighted by Gasteiger charge is 2.17. The highest BCUT2D eigenvalue weighted by molar-refractivity contribution is 6.18. The van der Waals surface area contributed by atoms with E-state index in [9.17, 15) is 0 Å². The molecule has 5 aromatic carbocycles. The Morgan fingerprint density at radius 1 is 0.500 bits per heavy atom. The van der Waals surface area contributed by atoms with Gasteiger partial charge in [0.05, 0.1) is 0 Å². The zero-order chi connectivity index (χ0) is 27.4. The van der Waals surface area contributed by atoms with Crippen LogP contribution in [0.4, 0.5) is 0 Å². The topological polar surface area (TPSA) is 26.3 Å². The van der Waals surface area contributed by atoms with Crippen LogP contribution in [0.25, 0.3) is 65.4 Å². The lowest BCUT2D eigenvalue weighted by Gasteiger charge is -2.19. The zero-order valence-electron chi connectivity index (χ0n) is 24.2. The minimum Gasteiger partial charge on any atom is -0.456 e. The summed E-state index contributed by atoms with van der Waals surface area (Å²) in [5.41, 5.74) is 6.56. The van der Waals surface area contributed by atoms with Gasteiger partial charge in [0.15, 0.2) is 0 Å². The van der Waals surface area contributed by atoms with Gasteiger partial charge in [-0.25, -0.2) is 0 Å². The summed E-state index contributed by atoms with van der Waals surface area (Å²) in [7, 11) is 0. The van der Waals surface area contributed by atoms with Crippen LogP contribution in [0, 0.1) is 0 Å². The van der Waals surface area contributed by atoms with E-state index in [1.807, 2.05) is 0 Å². The van der Waals surface area contributed by atoms with Crippen molar-refractivity contribution in [3.05, 3.63) is 83.9 Å². The van der Waals surface area contributed by atoms with Crippen molar-refractivity contribution < 1.29 is 8.83 Å². The third-order valence-corrected chi connectivity index (χ3v) is 8.73. The van der Waals surface area contributed by atoms with E-state index in [0.717, 1.165) is 50.3 Å². The molecule has 0 radical (unpaired) electrons. The first-order valence-electron chi connectivity index (χ1n) is 15.1. The normalized spacial score (nSPS) is 12.7. The van der Waals surface area contributed by atoms with Crippen molar-refractivity contribution >= 4 is 65.4 Å². The van der Waals surface area contributed by atoms with Gasteiger partial charge in [-0.3, -0.25) is 0 Å². The molecule has 0 spiro atoms. The highest BCUT2D eigenvalue weighted by atomic mass is 16.3. The van der Waals surface area contributed by atoms with E-state index in [4.69, 9.17) is 8.83 Å². The average molecular weight is 527 g/mol. The number of furan rings is 2. The molecule has 0 unspecified atom stereocenters. The molecule has 0 aliphatic carbocycles. The number of fused-ring (bicyclic) bond motifs is 8. The Morgan fingerprint density at radius 2 is 1.02 bits per heavy atom. The van der Waals surface area contributed by atoms with E-state index >= 15 is 0 Å². The minimum absolute atomic E-state index is 0.112. The number of aryl methyl sites for hydroxylation is 1. The van der Waals surface area contributed by atoms with E-state index in [1.165, 1.54) is 71.2 Å². The van der Waals surface area contributed by atoms with E-state index in [2.05, 4.69) is 100 Å². The van der Waals surface area contributed by atoms with Crippen LogP contribution in [0.1, 0.15) is 77.3 Å². The second-order valence-electron chi connectivity index (χ2n) is 12.8. The van der Waals surface area contributed by atoms with Gasteiger partial charge >= 0.3 is 0 Å². The third kappa shape index (κ3) is 4.44. The molecule has 0 atom stereocenters. The Hall–Kier alpha value is -3.78. The van der Waals surface area contributed by atoms with Gasteiger partial charge in [-0.2, -0.15) is 0 Å². The fraction of sp³-hybridized carbons (Fsp3) is 0.316. The summed E-state index contributed by atoms with van der Waals surface area (Å²) in [6, 6.07) is 27.0. The smallest absolute Gasteiger partial charge is 0.136 e. The second kappa shape index (κ2) is 9.70. The predicted octanol–water partition coefficient (Wildman–Crippen LogP) is 12.0. The van der Waals surface area contributed by atoms with E-state index in [-0.39, 0.29) is 5.41 Å². The van der Waals surface area contributed by atoms with Crippen molar-refractivity contribution in [1.82, 2.24) is 0 Å². The van der Waals surface area contributed by atoms with Crippen LogP contribution in [-0.2, 0) is 11.8 Å². The Kier molecular flexibility index (Phi) is 6.11. The van der Waals surface area contributed by atoms with Gasteiger partial charge < -0.3 is 8.83 Å². The van der Waals surface area contributed by atoms with Crippen molar-refractivity contribution in [3.8, 4) is 0 Å². The van der Waals surface area contributed by atoms with E-state index in [0.29, 0.717) is 0 Å². The summed E-state index contributed by atoms with van der Waals surface area (Å²) < 4.78 is 12.9. The highest BCUT2D eigenvalue weighted by Crippen LogP contribution is 2.39. The van der Waals surface area contributed by atoms with Crippen LogP contribution >= 0.6 is 0 Å². The van der Waals surface area contributed by atoms with Gasteiger partial charge in [0.25, 0.3) is 0 Å². The third-order valence-electron chi connectivity index (χ3n) is 8.73. The number of rotatable bonds is 7. The minimum atomic E-state index is 0.112. The molecule has 0 saturated heterocycles. The molecule has 202 valence electrons. The molecule has 2 heteroatoms. The maximum atomic E-state index is 6.44. The molecule has 0 bridgehead atoms. The van der Waals surface area contributed by atoms with Gasteiger partial charge in [-0.15, -0.1) is 0 Å². The van der Waals surface area contributed by atoms with Crippen LogP contribution in [0.5, 0.6) is 0 Å². The van der Waals surface area contributed by atoms with E-state index in [1.54, 1.807) is 0 Å². The molecule has 2 aromatic heterocycles. The lowest BCUT2D eigenvalue weighted by atomic mass is 9.86. The quantitative estimate of drug-likeness (QED) is 0.193. The Morgan fingerprint density at radius 3 is 1.65 bits per heavy atom. The molecular formula is C38H38O2. The van der Waals surface area contributed by atoms with Crippen molar-refractivity contribution in [2.75, 3.05) is 0 Å². The summed E-state index contributed by atoms with van der Waals surface area (Å²) in [5, 5.41) is 9.48. The van der Waals surface area contributed by atoms with Crippen LogP contribution in [0.3, 0.4) is 0 Å². The van der Waals surface area contributed by atoms with Gasteiger partial charge in [-0.1, -0.05) is 96.2 Å². The van der Waals surface area contributed by atoms with Crippen molar-refractivity contribution in [3.63, 3.8) is 0 Å². The Balaban J connectivity index is 1.28. The second-order valence-corrected chi connectivity index (χ2v) is 12.8. The Bertz CT molecular complexity index is 2030. The average Bonchev–Trinajstić information content (AvgIpc) is 3.46. The first-order chi connectivity index (χ1) is 19.4. The lowest BCUT2D eigenvalue weighted by Crippen LogP contribution is -2.10. The summed E-state index contributed by atoms with van der Waals surface area (Å²) in [6.45, 7) is 9.06. The molecule has 0 aliphatic heterocycles. The standard InChI is InChI=1S/C38H38O2/c1-5-6-7-8-9-10-11-24-12-13-25-20-34-30(18-27(25)16-24)32-22-37-33(23-36(32)39-34)31-19-28-17-29(38(2,3)4)15-14-26(28)21-35(31)40-37/h12-23H,5-11H2,1-4H3. The zero-order valence-corrected chi connectivity index (χ0v) is 24.2. The van der Waals surface area contributed by atoms with Crippen LogP contribution in [-0.4, -0.2) is 0 Å². The number of benzene rings is 5. The fourth-order valence-corrected chi connectivity index (χ4v) is 6.31. The number of unbranched alkanes of at least 4 members (excludes halogenated alkanes) is 5. The van der Waals surface area contributed by atoms with Gasteiger partial charge in [0.1, 0.15) is 22.3 Å². The van der Waals surface area contributed by atoms with Crippen molar-refractivity contribution in [1.29, 1.82) is 0 Å². The van der Waals surface area contributed by atoms with Crippen molar-refractivity contribution in [2.45, 2.75) is 78.1 Å². The SMILES string of the molecule is CCCCCCCCc1ccc2cc3oc4cc5c(cc4c3cc2c1)oc1cc2ccc(C(C)(C)C)cc2cc15. The predicted molar refractivity (Wildman–Crippen MR) is 172 cm³/mol. The molecule has 7 aromatic rings. The molecule has 0 amide bonds. The molecule has 40 heavy (non-hydrogen) atoms. The maximum absolute atomic E-state index is 6.44. The van der Waals surface area contributed by atoms with Crippen molar-refractivity contribution in [2.24, 2.45) is 0 Å². The largest absolute Gasteiger partial charge is 0.456 e. The molecular weight excluding hydrogens is 488 g/mol. The molecule has 0 N–H and O–H groups in total. The summed E-state index contributed by atoms with van der Waals surface area (Å²) >= 11 is 0. The summed E-state index contributed by atoms with van der Waals surface area (Å²) in [5.74, 6) is 0. The van der Waals surface area contributed by atoms with Gasteiger partial charge in [-0.05, 0) is 87.3 Å². The molecule has 2 nitrogen and oxygen atoms in total. The first-order valence-corrected chi connectivity index (χ1v) is 15.1.